The molecule has 3 aromatic carbocycles. The van der Waals surface area contributed by atoms with Crippen LogP contribution in [0.5, 0.6) is 0 Å². The Kier molecular flexibility index (Phi) is 5.04. The monoisotopic (exact) mass is 383 g/mol. The van der Waals surface area contributed by atoms with Crippen molar-refractivity contribution in [2.75, 3.05) is 17.7 Å². The largest absolute Gasteiger partial charge is 0.399 e. The zero-order chi connectivity index (χ0) is 19.5. The third kappa shape index (κ3) is 3.87. The molecule has 0 fully saturated rings. The molecule has 0 amide bonds. The van der Waals surface area contributed by atoms with Crippen molar-refractivity contribution in [1.82, 2.24) is 4.98 Å². The molecule has 138 valence electrons. The van der Waals surface area contributed by atoms with E-state index in [2.05, 4.69) is 42.7 Å². The zero-order valence-corrected chi connectivity index (χ0v) is 16.4. The molecule has 0 spiro atoms. The molecule has 0 aliphatic heterocycles. The van der Waals surface area contributed by atoms with Crippen LogP contribution in [-0.4, -0.2) is 11.2 Å². The Bertz CT molecular complexity index is 1020. The molecule has 0 bridgehead atoms. The minimum atomic E-state index is 0.742. The van der Waals surface area contributed by atoms with Gasteiger partial charge in [0.2, 0.25) is 0 Å². The number of rotatable bonds is 4. The van der Waals surface area contributed by atoms with Gasteiger partial charge in [-0.2, -0.15) is 0 Å². The summed E-state index contributed by atoms with van der Waals surface area (Å²) in [5, 5.41) is 0. The summed E-state index contributed by atoms with van der Waals surface area (Å²) >= 11 is 1.74. The SMILES string of the molecule is CSc1ccc(-c2cc(-c3ccc(N)cc3)nc(-c3ccc(N)cc3)c2)cc1. The summed E-state index contributed by atoms with van der Waals surface area (Å²) in [7, 11) is 0. The number of anilines is 2. The van der Waals surface area contributed by atoms with E-state index in [4.69, 9.17) is 16.5 Å². The number of aromatic nitrogens is 1. The maximum Gasteiger partial charge on any atom is 0.0715 e. The van der Waals surface area contributed by atoms with Crippen LogP contribution in [0.4, 0.5) is 11.4 Å². The molecule has 4 aromatic rings. The highest BCUT2D eigenvalue weighted by Crippen LogP contribution is 2.31. The minimum absolute atomic E-state index is 0.742. The van der Waals surface area contributed by atoms with Crippen LogP contribution in [0, 0.1) is 0 Å². The molecule has 1 aromatic heterocycles. The normalized spacial score (nSPS) is 10.8. The molecule has 0 unspecified atom stereocenters. The van der Waals surface area contributed by atoms with Crippen molar-refractivity contribution in [3.05, 3.63) is 84.9 Å². The maximum absolute atomic E-state index is 5.85. The number of pyridine rings is 1. The lowest BCUT2D eigenvalue weighted by Gasteiger charge is -2.11. The molecule has 4 heteroatoms. The first-order valence-electron chi connectivity index (χ1n) is 9.01. The van der Waals surface area contributed by atoms with E-state index in [1.807, 2.05) is 48.5 Å². The Morgan fingerprint density at radius 2 is 1.00 bits per heavy atom. The molecule has 0 saturated heterocycles. The lowest BCUT2D eigenvalue weighted by Crippen LogP contribution is -1.92. The third-order valence-electron chi connectivity index (χ3n) is 4.66. The predicted molar refractivity (Wildman–Crippen MR) is 121 cm³/mol. The standard InChI is InChI=1S/C24H21N3S/c1-28-22-12-6-16(7-13-22)19-14-23(17-2-8-20(25)9-3-17)27-24(15-19)18-4-10-21(26)11-5-18/h2-15H,25-26H2,1H3. The van der Waals surface area contributed by atoms with Crippen LogP contribution >= 0.6 is 11.8 Å². The summed E-state index contributed by atoms with van der Waals surface area (Å²) < 4.78 is 0. The van der Waals surface area contributed by atoms with Gasteiger partial charge in [0, 0.05) is 27.4 Å². The molecular weight excluding hydrogens is 362 g/mol. The summed E-state index contributed by atoms with van der Waals surface area (Å²) in [4.78, 5) is 6.15. The van der Waals surface area contributed by atoms with Crippen molar-refractivity contribution >= 4 is 23.1 Å². The zero-order valence-electron chi connectivity index (χ0n) is 15.6. The molecule has 0 aliphatic carbocycles. The maximum atomic E-state index is 5.85. The van der Waals surface area contributed by atoms with Crippen LogP contribution in [0.2, 0.25) is 0 Å². The van der Waals surface area contributed by atoms with Crippen molar-refractivity contribution < 1.29 is 0 Å². The van der Waals surface area contributed by atoms with E-state index in [1.165, 1.54) is 4.90 Å². The fraction of sp³-hybridized carbons (Fsp3) is 0.0417. The second-order valence-corrected chi connectivity index (χ2v) is 7.48. The second kappa shape index (κ2) is 7.79. The Hall–Kier alpha value is -3.24. The highest BCUT2D eigenvalue weighted by atomic mass is 32.2. The minimum Gasteiger partial charge on any atom is -0.399 e. The highest BCUT2D eigenvalue weighted by molar-refractivity contribution is 7.98. The molecule has 28 heavy (non-hydrogen) atoms. The van der Waals surface area contributed by atoms with Crippen LogP contribution in [-0.2, 0) is 0 Å². The number of nitrogens with two attached hydrogens (primary N) is 2. The van der Waals surface area contributed by atoms with Crippen LogP contribution in [0.15, 0.2) is 89.8 Å². The lowest BCUT2D eigenvalue weighted by atomic mass is 10.00. The Morgan fingerprint density at radius 3 is 1.43 bits per heavy atom. The van der Waals surface area contributed by atoms with E-state index >= 15 is 0 Å². The van der Waals surface area contributed by atoms with Crippen LogP contribution in [0.1, 0.15) is 0 Å². The molecule has 0 saturated carbocycles. The average Bonchev–Trinajstić information content (AvgIpc) is 2.74. The van der Waals surface area contributed by atoms with E-state index in [9.17, 15) is 0 Å². The van der Waals surface area contributed by atoms with Gasteiger partial charge in [-0.1, -0.05) is 36.4 Å². The van der Waals surface area contributed by atoms with Crippen molar-refractivity contribution in [2.45, 2.75) is 4.90 Å². The first-order valence-corrected chi connectivity index (χ1v) is 10.2. The summed E-state index contributed by atoms with van der Waals surface area (Å²) in [5.74, 6) is 0. The molecule has 3 nitrogen and oxygen atoms in total. The quantitative estimate of drug-likeness (QED) is 0.337. The van der Waals surface area contributed by atoms with Gasteiger partial charge in [-0.05, 0) is 65.9 Å². The second-order valence-electron chi connectivity index (χ2n) is 6.60. The van der Waals surface area contributed by atoms with E-state index in [-0.39, 0.29) is 0 Å². The Morgan fingerprint density at radius 1 is 0.571 bits per heavy atom. The topological polar surface area (TPSA) is 64.9 Å². The molecule has 0 radical (unpaired) electrons. The summed E-state index contributed by atoms with van der Waals surface area (Å²) in [6.07, 6.45) is 2.08. The van der Waals surface area contributed by atoms with Crippen molar-refractivity contribution in [1.29, 1.82) is 0 Å². The fourth-order valence-electron chi connectivity index (χ4n) is 3.08. The highest BCUT2D eigenvalue weighted by Gasteiger charge is 2.09. The van der Waals surface area contributed by atoms with Crippen molar-refractivity contribution in [3.63, 3.8) is 0 Å². The molecular formula is C24H21N3S. The number of hydrogen-bond donors (Lipinski definition) is 2. The average molecular weight is 384 g/mol. The Balaban J connectivity index is 1.86. The molecule has 1 heterocycles. The third-order valence-corrected chi connectivity index (χ3v) is 5.41. The van der Waals surface area contributed by atoms with Crippen LogP contribution in [0.3, 0.4) is 0 Å². The summed E-state index contributed by atoms with van der Waals surface area (Å²) in [6.45, 7) is 0. The summed E-state index contributed by atoms with van der Waals surface area (Å²) in [5.41, 5.74) is 19.4. The van der Waals surface area contributed by atoms with Gasteiger partial charge < -0.3 is 11.5 Å². The molecule has 4 rings (SSSR count). The predicted octanol–water partition coefficient (Wildman–Crippen LogP) is 5.97. The van der Waals surface area contributed by atoms with Crippen molar-refractivity contribution in [2.24, 2.45) is 0 Å². The van der Waals surface area contributed by atoms with Gasteiger partial charge in [0.15, 0.2) is 0 Å². The number of benzene rings is 3. The van der Waals surface area contributed by atoms with Crippen LogP contribution < -0.4 is 11.5 Å². The van der Waals surface area contributed by atoms with E-state index < -0.39 is 0 Å². The van der Waals surface area contributed by atoms with Gasteiger partial charge >= 0.3 is 0 Å². The van der Waals surface area contributed by atoms with E-state index in [0.717, 1.165) is 45.0 Å². The number of thioether (sulfide) groups is 1. The Labute approximate surface area is 169 Å². The van der Waals surface area contributed by atoms with Gasteiger partial charge in [-0.25, -0.2) is 4.98 Å². The first-order chi connectivity index (χ1) is 13.6. The molecule has 0 atom stereocenters. The smallest absolute Gasteiger partial charge is 0.0715 e. The van der Waals surface area contributed by atoms with Gasteiger partial charge in [-0.15, -0.1) is 11.8 Å². The van der Waals surface area contributed by atoms with Gasteiger partial charge in [-0.3, -0.25) is 0 Å². The lowest BCUT2D eigenvalue weighted by molar-refractivity contribution is 1.32. The van der Waals surface area contributed by atoms with Gasteiger partial charge in [0.1, 0.15) is 0 Å². The first kappa shape index (κ1) is 18.1. The molecule has 0 aliphatic rings. The molecule has 4 N–H and O–H groups in total. The number of nitrogens with zero attached hydrogens (tertiary/aromatic N) is 1. The van der Waals surface area contributed by atoms with E-state index in [1.54, 1.807) is 11.8 Å². The van der Waals surface area contributed by atoms with Crippen molar-refractivity contribution in [3.8, 4) is 33.6 Å². The van der Waals surface area contributed by atoms with Gasteiger partial charge in [0.25, 0.3) is 0 Å². The number of hydrogen-bond acceptors (Lipinski definition) is 4. The number of nitrogen functional groups attached to an aromatic ring is 2. The van der Waals surface area contributed by atoms with Crippen LogP contribution in [0.25, 0.3) is 33.6 Å². The summed E-state index contributed by atoms with van der Waals surface area (Å²) in [6, 6.07) is 28.5. The van der Waals surface area contributed by atoms with Gasteiger partial charge in [0.05, 0.1) is 11.4 Å². The fourth-order valence-corrected chi connectivity index (χ4v) is 3.49. The van der Waals surface area contributed by atoms with E-state index in [0.29, 0.717) is 0 Å².